The summed E-state index contributed by atoms with van der Waals surface area (Å²) in [6, 6.07) is 11.5. The summed E-state index contributed by atoms with van der Waals surface area (Å²) in [7, 11) is 0. The van der Waals surface area contributed by atoms with E-state index >= 15 is 0 Å². The third kappa shape index (κ3) is 4.65. The fraction of sp³-hybridized carbons (Fsp3) is 0.400. The van der Waals surface area contributed by atoms with Crippen LogP contribution in [0, 0.1) is 0 Å². The maximum Gasteiger partial charge on any atom is 0.253 e. The normalized spacial score (nSPS) is 16.1. The summed E-state index contributed by atoms with van der Waals surface area (Å²) < 4.78 is 0. The van der Waals surface area contributed by atoms with Crippen molar-refractivity contribution < 1.29 is 4.79 Å². The van der Waals surface area contributed by atoms with Crippen molar-refractivity contribution in [3.05, 3.63) is 57.2 Å². The lowest BCUT2D eigenvalue weighted by atomic mass is 10.2. The molecule has 138 valence electrons. The summed E-state index contributed by atoms with van der Waals surface area (Å²) in [4.78, 5) is 23.1. The van der Waals surface area contributed by atoms with Crippen molar-refractivity contribution >= 4 is 34.7 Å². The highest BCUT2D eigenvalue weighted by molar-refractivity contribution is 7.12. The molecule has 1 aromatic heterocycles. The van der Waals surface area contributed by atoms with Crippen LogP contribution in [0.3, 0.4) is 0 Å². The molecule has 26 heavy (non-hydrogen) atoms. The Hall–Kier alpha value is -1.85. The summed E-state index contributed by atoms with van der Waals surface area (Å²) in [5.41, 5.74) is 0.692. The zero-order chi connectivity index (χ0) is 18.5. The van der Waals surface area contributed by atoms with Crippen molar-refractivity contribution in [2.24, 2.45) is 4.99 Å². The highest BCUT2D eigenvalue weighted by Crippen LogP contribution is 2.18. The Bertz CT molecular complexity index is 756. The zero-order valence-corrected chi connectivity index (χ0v) is 16.8. The van der Waals surface area contributed by atoms with Gasteiger partial charge < -0.3 is 9.80 Å². The van der Waals surface area contributed by atoms with E-state index in [1.165, 1.54) is 4.88 Å². The molecule has 1 saturated heterocycles. The summed E-state index contributed by atoms with van der Waals surface area (Å²) in [6.45, 7) is 7.36. The van der Waals surface area contributed by atoms with Gasteiger partial charge in [0.1, 0.15) is 5.84 Å². The summed E-state index contributed by atoms with van der Waals surface area (Å²) >= 11 is 7.64. The van der Waals surface area contributed by atoms with Crippen LogP contribution in [-0.2, 0) is 0 Å². The second-order valence-corrected chi connectivity index (χ2v) is 8.05. The molecule has 0 spiro atoms. The summed E-state index contributed by atoms with van der Waals surface area (Å²) in [6.07, 6.45) is 0.932. The van der Waals surface area contributed by atoms with Crippen molar-refractivity contribution in [1.82, 2.24) is 9.80 Å². The topological polar surface area (TPSA) is 35.9 Å². The minimum absolute atomic E-state index is 0.0713. The predicted octanol–water partition coefficient (Wildman–Crippen LogP) is 4.40. The van der Waals surface area contributed by atoms with E-state index in [2.05, 4.69) is 36.3 Å². The standard InChI is InChI=1S/C20H24ClN3OS/c1-15(2)22-19(18-5-3-14-26-18)23-10-4-11-24(13-12-23)20(25)16-6-8-17(21)9-7-16/h3,5-9,14-15H,4,10-13H2,1-2H3. The van der Waals surface area contributed by atoms with Gasteiger partial charge in [-0.1, -0.05) is 17.7 Å². The Morgan fingerprint density at radius 3 is 2.42 bits per heavy atom. The van der Waals surface area contributed by atoms with Gasteiger partial charge in [-0.3, -0.25) is 9.79 Å². The van der Waals surface area contributed by atoms with Gasteiger partial charge in [-0.25, -0.2) is 0 Å². The Morgan fingerprint density at radius 2 is 1.77 bits per heavy atom. The Labute approximate surface area is 164 Å². The Kier molecular flexibility index (Phi) is 6.33. The van der Waals surface area contributed by atoms with Gasteiger partial charge in [0.15, 0.2) is 0 Å². The van der Waals surface area contributed by atoms with Crippen LogP contribution in [0.5, 0.6) is 0 Å². The van der Waals surface area contributed by atoms with Gasteiger partial charge in [0.05, 0.1) is 4.88 Å². The molecule has 0 saturated carbocycles. The van der Waals surface area contributed by atoms with E-state index in [9.17, 15) is 4.79 Å². The first-order chi connectivity index (χ1) is 12.5. The van der Waals surface area contributed by atoms with Gasteiger partial charge in [-0.05, 0) is 56.0 Å². The molecule has 0 unspecified atom stereocenters. The molecule has 0 bridgehead atoms. The number of amides is 1. The van der Waals surface area contributed by atoms with Crippen LogP contribution in [0.2, 0.25) is 5.02 Å². The van der Waals surface area contributed by atoms with Crippen LogP contribution in [0.4, 0.5) is 0 Å². The predicted molar refractivity (Wildman–Crippen MR) is 110 cm³/mol. The molecule has 0 N–H and O–H groups in total. The molecule has 6 heteroatoms. The van der Waals surface area contributed by atoms with Crippen LogP contribution in [-0.4, -0.2) is 53.8 Å². The lowest BCUT2D eigenvalue weighted by Crippen LogP contribution is -2.37. The minimum atomic E-state index is 0.0713. The number of aliphatic imine (C=N–C) groups is 1. The van der Waals surface area contributed by atoms with Crippen LogP contribution in [0.25, 0.3) is 0 Å². The van der Waals surface area contributed by atoms with Crippen molar-refractivity contribution in [1.29, 1.82) is 0 Å². The molecule has 2 heterocycles. The van der Waals surface area contributed by atoms with Crippen LogP contribution >= 0.6 is 22.9 Å². The molecule has 0 atom stereocenters. The van der Waals surface area contributed by atoms with Gasteiger partial charge in [0.2, 0.25) is 0 Å². The molecule has 0 aliphatic carbocycles. The molecule has 2 aromatic rings. The van der Waals surface area contributed by atoms with Crippen LogP contribution in [0.1, 0.15) is 35.5 Å². The molecular formula is C20H24ClN3OS. The van der Waals surface area contributed by atoms with Crippen molar-refractivity contribution in [2.45, 2.75) is 26.3 Å². The number of thiophene rings is 1. The quantitative estimate of drug-likeness (QED) is 0.576. The van der Waals surface area contributed by atoms with Gasteiger partial charge >= 0.3 is 0 Å². The van der Waals surface area contributed by atoms with E-state index in [0.29, 0.717) is 17.1 Å². The molecule has 1 aliphatic rings. The molecule has 1 aliphatic heterocycles. The van der Waals surface area contributed by atoms with Crippen LogP contribution < -0.4 is 0 Å². The van der Waals surface area contributed by atoms with E-state index < -0.39 is 0 Å². The van der Waals surface area contributed by atoms with Crippen molar-refractivity contribution in [3.8, 4) is 0 Å². The second kappa shape index (κ2) is 8.69. The third-order valence-corrected chi connectivity index (χ3v) is 5.41. The maximum atomic E-state index is 12.8. The fourth-order valence-electron chi connectivity index (χ4n) is 3.06. The lowest BCUT2D eigenvalue weighted by molar-refractivity contribution is 0.0764. The SMILES string of the molecule is CC(C)N=C(c1cccs1)N1CCCN(C(=O)c2ccc(Cl)cc2)CC1. The van der Waals surface area contributed by atoms with Crippen molar-refractivity contribution in [3.63, 3.8) is 0 Å². The lowest BCUT2D eigenvalue weighted by Gasteiger charge is -2.25. The average Bonchev–Trinajstić information content (AvgIpc) is 3.04. The van der Waals surface area contributed by atoms with Crippen molar-refractivity contribution in [2.75, 3.05) is 26.2 Å². The smallest absolute Gasteiger partial charge is 0.253 e. The largest absolute Gasteiger partial charge is 0.354 e. The molecule has 1 fully saturated rings. The molecule has 3 rings (SSSR count). The average molecular weight is 390 g/mol. The Balaban J connectivity index is 1.73. The maximum absolute atomic E-state index is 12.8. The molecular weight excluding hydrogens is 366 g/mol. The zero-order valence-electron chi connectivity index (χ0n) is 15.2. The number of hydrogen-bond donors (Lipinski definition) is 0. The highest BCUT2D eigenvalue weighted by Gasteiger charge is 2.23. The number of rotatable bonds is 3. The van der Waals surface area contributed by atoms with Crippen LogP contribution in [0.15, 0.2) is 46.8 Å². The number of halogens is 1. The van der Waals surface area contributed by atoms with Gasteiger partial charge in [-0.2, -0.15) is 0 Å². The molecule has 1 amide bonds. The van der Waals surface area contributed by atoms with E-state index in [-0.39, 0.29) is 11.9 Å². The number of nitrogens with zero attached hydrogens (tertiary/aromatic N) is 3. The summed E-state index contributed by atoms with van der Waals surface area (Å²) in [5, 5.41) is 2.73. The number of hydrogen-bond acceptors (Lipinski definition) is 3. The first-order valence-corrected chi connectivity index (χ1v) is 10.2. The third-order valence-electron chi connectivity index (χ3n) is 4.30. The molecule has 4 nitrogen and oxygen atoms in total. The first-order valence-electron chi connectivity index (χ1n) is 8.96. The molecule has 0 radical (unpaired) electrons. The number of carbonyl (C=O) groups is 1. The van der Waals surface area contributed by atoms with E-state index in [1.54, 1.807) is 35.6 Å². The van der Waals surface area contributed by atoms with E-state index in [0.717, 1.165) is 31.9 Å². The molecule has 1 aromatic carbocycles. The minimum Gasteiger partial charge on any atom is -0.354 e. The fourth-order valence-corrected chi connectivity index (χ4v) is 3.93. The number of amidine groups is 1. The number of benzene rings is 1. The summed E-state index contributed by atoms with van der Waals surface area (Å²) in [5.74, 6) is 1.12. The monoisotopic (exact) mass is 389 g/mol. The second-order valence-electron chi connectivity index (χ2n) is 6.66. The van der Waals surface area contributed by atoms with E-state index in [4.69, 9.17) is 16.6 Å². The van der Waals surface area contributed by atoms with Gasteiger partial charge in [0, 0.05) is 42.8 Å². The first kappa shape index (κ1) is 18.9. The van der Waals surface area contributed by atoms with Gasteiger partial charge in [-0.15, -0.1) is 11.3 Å². The Morgan fingerprint density at radius 1 is 1.08 bits per heavy atom. The van der Waals surface area contributed by atoms with E-state index in [1.807, 2.05) is 4.90 Å². The van der Waals surface area contributed by atoms with Gasteiger partial charge in [0.25, 0.3) is 5.91 Å². The highest BCUT2D eigenvalue weighted by atomic mass is 35.5. The number of carbonyl (C=O) groups excluding carboxylic acids is 1.